The quantitative estimate of drug-likeness (QED) is 0.629. The van der Waals surface area contributed by atoms with Gasteiger partial charge < -0.3 is 18.9 Å². The number of rotatable bonds is 2. The molecule has 0 unspecified atom stereocenters. The van der Waals surface area contributed by atoms with Gasteiger partial charge in [-0.2, -0.15) is 8.78 Å². The first-order chi connectivity index (χ1) is 14.7. The Morgan fingerprint density at radius 3 is 2.34 bits per heavy atom. The van der Waals surface area contributed by atoms with Crippen LogP contribution < -0.4 is 5.46 Å². The zero-order valence-corrected chi connectivity index (χ0v) is 19.8. The fourth-order valence-electron chi connectivity index (χ4n) is 4.24. The van der Waals surface area contributed by atoms with E-state index in [9.17, 15) is 13.6 Å². The number of aromatic nitrogens is 1. The second-order valence-electron chi connectivity index (χ2n) is 10.6. The average Bonchev–Trinajstić information content (AvgIpc) is 3.09. The SMILES string of the molecule is CC(C)(C)OC(=O)N1CCc2c(n(C(F)F)c3cc(B4OC(C)(C)C(C)(C)O4)ccc23)C1. The summed E-state index contributed by atoms with van der Waals surface area (Å²) in [6.07, 6.45) is -0.00666. The maximum atomic E-state index is 14.2. The Hall–Kier alpha value is -2.13. The van der Waals surface area contributed by atoms with Crippen molar-refractivity contribution in [2.75, 3.05) is 6.54 Å². The number of alkyl halides is 2. The Morgan fingerprint density at radius 1 is 1.16 bits per heavy atom. The van der Waals surface area contributed by atoms with Crippen LogP contribution in [-0.4, -0.2) is 46.0 Å². The lowest BCUT2D eigenvalue weighted by Crippen LogP contribution is -2.41. The van der Waals surface area contributed by atoms with Crippen LogP contribution in [0, 0.1) is 0 Å². The van der Waals surface area contributed by atoms with Gasteiger partial charge in [0.05, 0.1) is 23.3 Å². The first kappa shape index (κ1) is 23.0. The van der Waals surface area contributed by atoms with Gasteiger partial charge in [0.1, 0.15) is 5.60 Å². The second kappa shape index (κ2) is 7.45. The zero-order valence-electron chi connectivity index (χ0n) is 19.8. The fraction of sp³-hybridized carbons (Fsp3) is 0.609. The largest absolute Gasteiger partial charge is 0.494 e. The summed E-state index contributed by atoms with van der Waals surface area (Å²) in [5, 5.41) is 0.768. The number of hydrogen-bond donors (Lipinski definition) is 0. The molecule has 2 aliphatic rings. The number of halogens is 2. The topological polar surface area (TPSA) is 52.9 Å². The number of hydrogen-bond acceptors (Lipinski definition) is 4. The van der Waals surface area contributed by atoms with Crippen molar-refractivity contribution in [1.29, 1.82) is 0 Å². The Kier molecular flexibility index (Phi) is 5.37. The predicted octanol–water partition coefficient (Wildman–Crippen LogP) is 4.63. The summed E-state index contributed by atoms with van der Waals surface area (Å²) in [6, 6.07) is 5.46. The first-order valence-electron chi connectivity index (χ1n) is 11.0. The molecule has 0 aliphatic carbocycles. The minimum atomic E-state index is -2.74. The number of fused-ring (bicyclic) bond motifs is 3. The van der Waals surface area contributed by atoms with E-state index < -0.39 is 36.6 Å². The zero-order chi connectivity index (χ0) is 23.6. The van der Waals surface area contributed by atoms with Gasteiger partial charge in [-0.3, -0.25) is 4.57 Å². The molecule has 1 fully saturated rings. The van der Waals surface area contributed by atoms with Crippen LogP contribution in [0.5, 0.6) is 0 Å². The smallest absolute Gasteiger partial charge is 0.444 e. The monoisotopic (exact) mass is 448 g/mol. The lowest BCUT2D eigenvalue weighted by molar-refractivity contribution is 0.00578. The van der Waals surface area contributed by atoms with Crippen LogP contribution in [0.3, 0.4) is 0 Å². The number of carbonyl (C=O) groups excluding carboxylic acids is 1. The Labute approximate surface area is 187 Å². The maximum Gasteiger partial charge on any atom is 0.494 e. The number of carbonyl (C=O) groups is 1. The molecule has 0 spiro atoms. The van der Waals surface area contributed by atoms with Crippen molar-refractivity contribution in [2.24, 2.45) is 0 Å². The van der Waals surface area contributed by atoms with E-state index in [0.717, 1.165) is 15.5 Å². The molecule has 4 rings (SSSR count). The van der Waals surface area contributed by atoms with Gasteiger partial charge >= 0.3 is 19.8 Å². The summed E-state index contributed by atoms with van der Waals surface area (Å²) in [4.78, 5) is 14.0. The van der Waals surface area contributed by atoms with Crippen molar-refractivity contribution in [1.82, 2.24) is 9.47 Å². The summed E-state index contributed by atoms with van der Waals surface area (Å²) in [5.41, 5.74) is 0.707. The molecular weight excluding hydrogens is 417 g/mol. The molecular formula is C23H31BF2N2O4. The van der Waals surface area contributed by atoms with Crippen LogP contribution in [0.25, 0.3) is 10.9 Å². The third-order valence-electron chi connectivity index (χ3n) is 6.59. The van der Waals surface area contributed by atoms with E-state index in [0.29, 0.717) is 29.6 Å². The Morgan fingerprint density at radius 2 is 1.78 bits per heavy atom. The minimum Gasteiger partial charge on any atom is -0.444 e. The second-order valence-corrected chi connectivity index (χ2v) is 10.6. The molecule has 6 nitrogen and oxygen atoms in total. The van der Waals surface area contributed by atoms with Gasteiger partial charge in [0, 0.05) is 17.6 Å². The molecule has 9 heteroatoms. The molecule has 32 heavy (non-hydrogen) atoms. The molecule has 174 valence electrons. The normalized spacial score (nSPS) is 20.2. The highest BCUT2D eigenvalue weighted by Gasteiger charge is 2.51. The molecule has 2 aromatic rings. The lowest BCUT2D eigenvalue weighted by Gasteiger charge is -2.32. The number of benzene rings is 1. The van der Waals surface area contributed by atoms with Crippen LogP contribution in [-0.2, 0) is 27.0 Å². The van der Waals surface area contributed by atoms with Crippen molar-refractivity contribution in [3.05, 3.63) is 29.5 Å². The van der Waals surface area contributed by atoms with Crippen molar-refractivity contribution in [2.45, 2.75) is 84.8 Å². The Balaban J connectivity index is 1.72. The highest BCUT2D eigenvalue weighted by atomic mass is 19.3. The van der Waals surface area contributed by atoms with Gasteiger partial charge in [0.25, 0.3) is 0 Å². The van der Waals surface area contributed by atoms with Gasteiger partial charge in [-0.1, -0.05) is 12.1 Å². The van der Waals surface area contributed by atoms with Crippen molar-refractivity contribution >= 4 is 29.6 Å². The highest BCUT2D eigenvalue weighted by Crippen LogP contribution is 2.38. The van der Waals surface area contributed by atoms with E-state index in [1.165, 1.54) is 4.90 Å². The molecule has 1 aromatic heterocycles. The molecule has 1 saturated heterocycles. The van der Waals surface area contributed by atoms with Gasteiger partial charge in [0.2, 0.25) is 0 Å². The van der Waals surface area contributed by atoms with Gasteiger partial charge in [-0.05, 0) is 72.0 Å². The molecule has 0 saturated carbocycles. The average molecular weight is 448 g/mol. The molecule has 0 atom stereocenters. The maximum absolute atomic E-state index is 14.2. The highest BCUT2D eigenvalue weighted by molar-refractivity contribution is 6.62. The van der Waals surface area contributed by atoms with Crippen LogP contribution in [0.2, 0.25) is 0 Å². The van der Waals surface area contributed by atoms with Crippen molar-refractivity contribution < 1.29 is 27.6 Å². The van der Waals surface area contributed by atoms with Crippen molar-refractivity contribution in [3.63, 3.8) is 0 Å². The Bertz CT molecular complexity index is 1040. The van der Waals surface area contributed by atoms with E-state index >= 15 is 0 Å². The van der Waals surface area contributed by atoms with E-state index in [2.05, 4.69) is 0 Å². The lowest BCUT2D eigenvalue weighted by atomic mass is 9.78. The van der Waals surface area contributed by atoms with E-state index in [-0.39, 0.29) is 6.54 Å². The van der Waals surface area contributed by atoms with Crippen LogP contribution in [0.4, 0.5) is 13.6 Å². The van der Waals surface area contributed by atoms with Crippen molar-refractivity contribution in [3.8, 4) is 0 Å². The molecule has 0 bridgehead atoms. The summed E-state index contributed by atoms with van der Waals surface area (Å²) in [7, 11) is -0.638. The number of nitrogens with zero attached hydrogens (tertiary/aromatic N) is 2. The minimum absolute atomic E-state index is 0.0785. The van der Waals surface area contributed by atoms with Crippen LogP contribution >= 0.6 is 0 Å². The molecule has 1 amide bonds. The first-order valence-corrected chi connectivity index (χ1v) is 11.0. The summed E-state index contributed by atoms with van der Waals surface area (Å²) in [6.45, 7) is 10.9. The molecule has 2 aliphatic heterocycles. The van der Waals surface area contributed by atoms with E-state index in [4.69, 9.17) is 14.0 Å². The summed E-state index contributed by atoms with van der Waals surface area (Å²) >= 11 is 0. The molecule has 1 aromatic carbocycles. The van der Waals surface area contributed by atoms with E-state index in [1.54, 1.807) is 26.8 Å². The number of ether oxygens (including phenoxy) is 1. The number of amides is 1. The van der Waals surface area contributed by atoms with Crippen LogP contribution in [0.1, 0.15) is 66.3 Å². The molecule has 3 heterocycles. The molecule has 0 N–H and O–H groups in total. The third kappa shape index (κ3) is 3.90. The summed E-state index contributed by atoms with van der Waals surface area (Å²) < 4.78 is 47.2. The summed E-state index contributed by atoms with van der Waals surface area (Å²) in [5.74, 6) is 0. The van der Waals surface area contributed by atoms with Gasteiger partial charge in [-0.25, -0.2) is 4.79 Å². The molecule has 0 radical (unpaired) electrons. The fourth-order valence-corrected chi connectivity index (χ4v) is 4.24. The predicted molar refractivity (Wildman–Crippen MR) is 119 cm³/mol. The van der Waals surface area contributed by atoms with Gasteiger partial charge in [0.15, 0.2) is 0 Å². The standard InChI is InChI=1S/C23H31BF2N2O4/c1-21(2,3)30-20(29)27-11-10-16-15-9-8-14(24-31-22(4,5)23(6,7)32-24)12-17(15)28(19(25)26)18(16)13-27/h8-9,12,19H,10-11,13H2,1-7H3. The van der Waals surface area contributed by atoms with Gasteiger partial charge in [-0.15, -0.1) is 0 Å². The van der Waals surface area contributed by atoms with E-state index in [1.807, 2.05) is 39.8 Å². The third-order valence-corrected chi connectivity index (χ3v) is 6.59. The van der Waals surface area contributed by atoms with Crippen LogP contribution in [0.15, 0.2) is 18.2 Å².